The van der Waals surface area contributed by atoms with Crippen molar-refractivity contribution in [2.75, 3.05) is 13.2 Å². The van der Waals surface area contributed by atoms with Crippen LogP contribution in [-0.4, -0.2) is 25.4 Å². The maximum atomic E-state index is 5.80. The van der Waals surface area contributed by atoms with E-state index in [0.717, 1.165) is 37.5 Å². The van der Waals surface area contributed by atoms with Gasteiger partial charge < -0.3 is 19.2 Å². The van der Waals surface area contributed by atoms with Crippen LogP contribution < -0.4 is 5.32 Å². The van der Waals surface area contributed by atoms with Gasteiger partial charge in [-0.05, 0) is 25.3 Å². The van der Waals surface area contributed by atoms with Gasteiger partial charge in [-0.3, -0.25) is 0 Å². The molecule has 0 radical (unpaired) electrons. The standard InChI is InChI=1S/C13H19NO3/c1-2-11(1)14-7-13-10(3-6-16-13)8-17-12-4-5-15-9-12/h3,6,11-12,14H,1-2,4-5,7-9H2. The first-order valence-corrected chi connectivity index (χ1v) is 6.40. The molecule has 0 amide bonds. The second-order valence-corrected chi connectivity index (χ2v) is 4.82. The van der Waals surface area contributed by atoms with E-state index in [4.69, 9.17) is 13.9 Å². The van der Waals surface area contributed by atoms with E-state index in [1.807, 2.05) is 6.07 Å². The molecule has 0 bridgehead atoms. The van der Waals surface area contributed by atoms with Gasteiger partial charge in [-0.25, -0.2) is 0 Å². The Labute approximate surface area is 101 Å². The fourth-order valence-corrected chi connectivity index (χ4v) is 2.03. The maximum Gasteiger partial charge on any atom is 0.123 e. The molecule has 17 heavy (non-hydrogen) atoms. The third kappa shape index (κ3) is 3.09. The fraction of sp³-hybridized carbons (Fsp3) is 0.692. The van der Waals surface area contributed by atoms with Crippen LogP contribution in [0.4, 0.5) is 0 Å². The van der Waals surface area contributed by atoms with Crippen molar-refractivity contribution in [1.29, 1.82) is 0 Å². The molecule has 1 aliphatic heterocycles. The van der Waals surface area contributed by atoms with Gasteiger partial charge in [-0.1, -0.05) is 0 Å². The van der Waals surface area contributed by atoms with Crippen LogP contribution in [0.5, 0.6) is 0 Å². The molecule has 4 nitrogen and oxygen atoms in total. The van der Waals surface area contributed by atoms with Gasteiger partial charge in [0.05, 0.1) is 32.1 Å². The van der Waals surface area contributed by atoms with Crippen molar-refractivity contribution < 1.29 is 13.9 Å². The van der Waals surface area contributed by atoms with Crippen molar-refractivity contribution >= 4 is 0 Å². The highest BCUT2D eigenvalue weighted by Crippen LogP contribution is 2.21. The van der Waals surface area contributed by atoms with Crippen molar-refractivity contribution in [1.82, 2.24) is 5.32 Å². The van der Waals surface area contributed by atoms with Crippen LogP contribution in [0, 0.1) is 0 Å². The summed E-state index contributed by atoms with van der Waals surface area (Å²) >= 11 is 0. The predicted octanol–water partition coefficient (Wildman–Crippen LogP) is 1.84. The molecule has 94 valence electrons. The minimum Gasteiger partial charge on any atom is -0.468 e. The average Bonchev–Trinajstić information content (AvgIpc) is 2.86. The molecule has 1 saturated heterocycles. The number of rotatable bonds is 6. The van der Waals surface area contributed by atoms with E-state index in [0.29, 0.717) is 12.6 Å². The number of furan rings is 1. The molecule has 1 aliphatic carbocycles. The Bertz CT molecular complexity index is 353. The highest BCUT2D eigenvalue weighted by atomic mass is 16.5. The van der Waals surface area contributed by atoms with E-state index in [-0.39, 0.29) is 6.10 Å². The second-order valence-electron chi connectivity index (χ2n) is 4.82. The van der Waals surface area contributed by atoms with Gasteiger partial charge in [0.15, 0.2) is 0 Å². The monoisotopic (exact) mass is 237 g/mol. The lowest BCUT2D eigenvalue weighted by molar-refractivity contribution is 0.0310. The highest BCUT2D eigenvalue weighted by molar-refractivity contribution is 5.16. The third-order valence-electron chi connectivity index (χ3n) is 3.33. The summed E-state index contributed by atoms with van der Waals surface area (Å²) in [5.41, 5.74) is 1.16. The molecule has 2 heterocycles. The minimum absolute atomic E-state index is 0.258. The summed E-state index contributed by atoms with van der Waals surface area (Å²) in [6, 6.07) is 2.71. The van der Waals surface area contributed by atoms with Crippen LogP contribution in [0.1, 0.15) is 30.6 Å². The number of hydrogen-bond donors (Lipinski definition) is 1. The molecule has 0 aromatic carbocycles. The second kappa shape index (κ2) is 5.21. The SMILES string of the molecule is c1cc(COC2CCOC2)c(CNC2CC2)o1. The topological polar surface area (TPSA) is 43.6 Å². The van der Waals surface area contributed by atoms with Crippen molar-refractivity contribution in [2.24, 2.45) is 0 Å². The molecule has 3 rings (SSSR count). The van der Waals surface area contributed by atoms with Crippen LogP contribution >= 0.6 is 0 Å². The first-order chi connectivity index (χ1) is 8.42. The van der Waals surface area contributed by atoms with Crippen molar-refractivity contribution in [3.63, 3.8) is 0 Å². The summed E-state index contributed by atoms with van der Waals surface area (Å²) in [7, 11) is 0. The zero-order chi connectivity index (χ0) is 11.5. The lowest BCUT2D eigenvalue weighted by Crippen LogP contribution is -2.17. The largest absolute Gasteiger partial charge is 0.468 e. The summed E-state index contributed by atoms with van der Waals surface area (Å²) in [5.74, 6) is 1.01. The Morgan fingerprint density at radius 1 is 1.35 bits per heavy atom. The molecule has 2 fully saturated rings. The van der Waals surface area contributed by atoms with E-state index in [1.165, 1.54) is 12.8 Å². The quantitative estimate of drug-likeness (QED) is 0.820. The minimum atomic E-state index is 0.258. The van der Waals surface area contributed by atoms with Gasteiger partial charge in [0, 0.05) is 18.2 Å². The first kappa shape index (κ1) is 11.3. The molecule has 1 saturated carbocycles. The zero-order valence-corrected chi connectivity index (χ0v) is 9.98. The summed E-state index contributed by atoms with van der Waals surface area (Å²) in [4.78, 5) is 0. The molecule has 0 spiro atoms. The Morgan fingerprint density at radius 2 is 2.29 bits per heavy atom. The lowest BCUT2D eigenvalue weighted by Gasteiger charge is -2.09. The summed E-state index contributed by atoms with van der Waals surface area (Å²) in [6.45, 7) is 3.00. The van der Waals surface area contributed by atoms with Crippen molar-refractivity contribution in [3.05, 3.63) is 23.7 Å². The van der Waals surface area contributed by atoms with Crippen LogP contribution in [-0.2, 0) is 22.6 Å². The van der Waals surface area contributed by atoms with Crippen LogP contribution in [0.3, 0.4) is 0 Å². The Kier molecular flexibility index (Phi) is 3.45. The first-order valence-electron chi connectivity index (χ1n) is 6.40. The Balaban J connectivity index is 1.48. The molecule has 1 aromatic rings. The molecule has 1 atom stereocenters. The Hall–Kier alpha value is -0.840. The molecule has 1 N–H and O–H groups in total. The van der Waals surface area contributed by atoms with Gasteiger partial charge in [0.2, 0.25) is 0 Å². The highest BCUT2D eigenvalue weighted by Gasteiger charge is 2.21. The molecular formula is C13H19NO3. The summed E-state index contributed by atoms with van der Waals surface area (Å²) in [6.07, 6.45) is 5.60. The lowest BCUT2D eigenvalue weighted by atomic mass is 10.2. The fourth-order valence-electron chi connectivity index (χ4n) is 2.03. The van der Waals surface area contributed by atoms with Gasteiger partial charge >= 0.3 is 0 Å². The van der Waals surface area contributed by atoms with E-state index in [1.54, 1.807) is 6.26 Å². The van der Waals surface area contributed by atoms with Gasteiger partial charge in [-0.2, -0.15) is 0 Å². The van der Waals surface area contributed by atoms with Gasteiger partial charge in [0.25, 0.3) is 0 Å². The number of ether oxygens (including phenoxy) is 2. The van der Waals surface area contributed by atoms with Crippen LogP contribution in [0.25, 0.3) is 0 Å². The summed E-state index contributed by atoms with van der Waals surface area (Å²) < 4.78 is 16.6. The number of nitrogens with one attached hydrogen (secondary N) is 1. The van der Waals surface area contributed by atoms with Crippen LogP contribution in [0.15, 0.2) is 16.7 Å². The van der Waals surface area contributed by atoms with Crippen molar-refractivity contribution in [2.45, 2.75) is 44.6 Å². The molecule has 4 heteroatoms. The van der Waals surface area contributed by atoms with Crippen molar-refractivity contribution in [3.8, 4) is 0 Å². The summed E-state index contributed by atoms with van der Waals surface area (Å²) in [5, 5.41) is 3.45. The molecule has 1 unspecified atom stereocenters. The smallest absolute Gasteiger partial charge is 0.123 e. The average molecular weight is 237 g/mol. The zero-order valence-electron chi connectivity index (χ0n) is 9.98. The molecule has 2 aliphatic rings. The number of hydrogen-bond acceptors (Lipinski definition) is 4. The normalized spacial score (nSPS) is 24.4. The van der Waals surface area contributed by atoms with E-state index in [2.05, 4.69) is 5.32 Å². The molecule has 1 aromatic heterocycles. The van der Waals surface area contributed by atoms with Gasteiger partial charge in [0.1, 0.15) is 5.76 Å². The van der Waals surface area contributed by atoms with E-state index >= 15 is 0 Å². The predicted molar refractivity (Wildman–Crippen MR) is 62.6 cm³/mol. The third-order valence-corrected chi connectivity index (χ3v) is 3.33. The Morgan fingerprint density at radius 3 is 3.06 bits per heavy atom. The maximum absolute atomic E-state index is 5.80. The van der Waals surface area contributed by atoms with E-state index in [9.17, 15) is 0 Å². The molecular weight excluding hydrogens is 218 g/mol. The van der Waals surface area contributed by atoms with Gasteiger partial charge in [-0.15, -0.1) is 0 Å². The van der Waals surface area contributed by atoms with E-state index < -0.39 is 0 Å². The van der Waals surface area contributed by atoms with Crippen LogP contribution in [0.2, 0.25) is 0 Å².